The minimum Gasteiger partial charge on any atom is -0.478 e. The van der Waals surface area contributed by atoms with Crippen LogP contribution in [0.5, 0.6) is 0 Å². The minimum absolute atomic E-state index is 0.00718. The molecule has 7 heteroatoms. The van der Waals surface area contributed by atoms with Crippen molar-refractivity contribution >= 4 is 21.7 Å². The molecule has 22 heavy (non-hydrogen) atoms. The maximum absolute atomic E-state index is 12.4. The van der Waals surface area contributed by atoms with E-state index >= 15 is 0 Å². The predicted molar refractivity (Wildman–Crippen MR) is 84.8 cm³/mol. The van der Waals surface area contributed by atoms with E-state index in [2.05, 4.69) is 10.0 Å². The second kappa shape index (κ2) is 7.11. The van der Waals surface area contributed by atoms with Gasteiger partial charge < -0.3 is 10.4 Å². The molecule has 1 fully saturated rings. The van der Waals surface area contributed by atoms with Gasteiger partial charge in [-0.1, -0.05) is 19.8 Å². The first kappa shape index (κ1) is 16.8. The van der Waals surface area contributed by atoms with Crippen LogP contribution < -0.4 is 10.0 Å². The molecule has 0 heterocycles. The van der Waals surface area contributed by atoms with Crippen molar-refractivity contribution in [3.05, 3.63) is 23.8 Å². The topological polar surface area (TPSA) is 95.5 Å². The van der Waals surface area contributed by atoms with Crippen molar-refractivity contribution in [3.8, 4) is 0 Å². The first-order valence-electron chi connectivity index (χ1n) is 7.57. The second-order valence-electron chi connectivity index (χ2n) is 5.54. The van der Waals surface area contributed by atoms with Crippen molar-refractivity contribution in [1.82, 2.24) is 4.72 Å². The number of carbonyl (C=O) groups is 1. The van der Waals surface area contributed by atoms with Crippen LogP contribution in [0.3, 0.4) is 0 Å². The largest absolute Gasteiger partial charge is 0.478 e. The molecule has 1 aromatic rings. The van der Waals surface area contributed by atoms with Gasteiger partial charge in [0.1, 0.15) is 4.90 Å². The number of benzene rings is 1. The normalized spacial score (nSPS) is 15.9. The fourth-order valence-corrected chi connectivity index (χ4v) is 3.93. The van der Waals surface area contributed by atoms with Gasteiger partial charge in [0.05, 0.1) is 11.3 Å². The standard InChI is InChI=1S/C15H22N2O4S/c1-2-9-16-22(20,21)14-10-11(15(18)19)7-8-13(14)17-12-5-3-4-6-12/h7-8,10,12,16-17H,2-6,9H2,1H3,(H,18,19). The third kappa shape index (κ3) is 3.98. The molecule has 0 unspecified atom stereocenters. The van der Waals surface area contributed by atoms with E-state index < -0.39 is 16.0 Å². The number of hydrogen-bond acceptors (Lipinski definition) is 4. The van der Waals surface area contributed by atoms with Crippen LogP contribution in [0.25, 0.3) is 0 Å². The Morgan fingerprint density at radius 2 is 2.00 bits per heavy atom. The molecule has 1 aliphatic carbocycles. The van der Waals surface area contributed by atoms with Gasteiger partial charge in [0, 0.05) is 12.6 Å². The smallest absolute Gasteiger partial charge is 0.335 e. The quantitative estimate of drug-likeness (QED) is 0.715. The zero-order valence-corrected chi connectivity index (χ0v) is 13.4. The number of anilines is 1. The molecule has 0 aromatic heterocycles. The fraction of sp³-hybridized carbons (Fsp3) is 0.533. The number of hydrogen-bond donors (Lipinski definition) is 3. The van der Waals surface area contributed by atoms with Crippen LogP contribution >= 0.6 is 0 Å². The molecule has 0 atom stereocenters. The van der Waals surface area contributed by atoms with E-state index in [1.807, 2.05) is 6.92 Å². The van der Waals surface area contributed by atoms with E-state index in [1.54, 1.807) is 6.07 Å². The van der Waals surface area contributed by atoms with Crippen LogP contribution in [-0.4, -0.2) is 32.1 Å². The molecule has 1 aliphatic rings. The number of aromatic carboxylic acids is 1. The fourth-order valence-electron chi connectivity index (χ4n) is 2.60. The lowest BCUT2D eigenvalue weighted by atomic mass is 10.2. The first-order valence-corrected chi connectivity index (χ1v) is 9.06. The van der Waals surface area contributed by atoms with Crippen LogP contribution in [0.4, 0.5) is 5.69 Å². The highest BCUT2D eigenvalue weighted by molar-refractivity contribution is 7.89. The Balaban J connectivity index is 2.36. The summed E-state index contributed by atoms with van der Waals surface area (Å²) in [6, 6.07) is 4.44. The molecular formula is C15H22N2O4S. The monoisotopic (exact) mass is 326 g/mol. The first-order chi connectivity index (χ1) is 10.4. The summed E-state index contributed by atoms with van der Waals surface area (Å²) < 4.78 is 27.3. The van der Waals surface area contributed by atoms with Crippen molar-refractivity contribution in [1.29, 1.82) is 0 Å². The summed E-state index contributed by atoms with van der Waals surface area (Å²) in [5, 5.41) is 12.3. The third-order valence-electron chi connectivity index (χ3n) is 3.77. The molecule has 6 nitrogen and oxygen atoms in total. The van der Waals surface area contributed by atoms with Gasteiger partial charge in [-0.25, -0.2) is 17.9 Å². The van der Waals surface area contributed by atoms with Crippen LogP contribution in [0, 0.1) is 0 Å². The van der Waals surface area contributed by atoms with E-state index in [-0.39, 0.29) is 16.5 Å². The number of nitrogens with one attached hydrogen (secondary N) is 2. The second-order valence-corrected chi connectivity index (χ2v) is 7.27. The molecule has 3 N–H and O–H groups in total. The summed E-state index contributed by atoms with van der Waals surface area (Å²) in [4.78, 5) is 11.1. The summed E-state index contributed by atoms with van der Waals surface area (Å²) in [6.45, 7) is 2.19. The van der Waals surface area contributed by atoms with Crippen molar-refractivity contribution in [3.63, 3.8) is 0 Å². The lowest BCUT2D eigenvalue weighted by Crippen LogP contribution is -2.26. The van der Waals surface area contributed by atoms with Crippen LogP contribution in [-0.2, 0) is 10.0 Å². The van der Waals surface area contributed by atoms with Gasteiger partial charge in [0.15, 0.2) is 0 Å². The van der Waals surface area contributed by atoms with E-state index in [0.29, 0.717) is 18.7 Å². The van der Waals surface area contributed by atoms with E-state index in [0.717, 1.165) is 25.7 Å². The third-order valence-corrected chi connectivity index (χ3v) is 5.28. The zero-order valence-electron chi connectivity index (χ0n) is 12.6. The maximum atomic E-state index is 12.4. The number of rotatable bonds is 7. The highest BCUT2D eigenvalue weighted by Gasteiger charge is 2.23. The van der Waals surface area contributed by atoms with Gasteiger partial charge in [-0.2, -0.15) is 0 Å². The van der Waals surface area contributed by atoms with Crippen LogP contribution in [0.15, 0.2) is 23.1 Å². The minimum atomic E-state index is -3.73. The van der Waals surface area contributed by atoms with E-state index in [4.69, 9.17) is 5.11 Å². The lowest BCUT2D eigenvalue weighted by molar-refractivity contribution is 0.0696. The number of carboxylic acids is 1. The molecule has 0 aliphatic heterocycles. The molecule has 1 aromatic carbocycles. The number of carboxylic acid groups (broad SMARTS) is 1. The molecule has 0 amide bonds. The molecule has 0 saturated heterocycles. The van der Waals surface area contributed by atoms with E-state index in [9.17, 15) is 13.2 Å². The summed E-state index contributed by atoms with van der Waals surface area (Å²) >= 11 is 0. The van der Waals surface area contributed by atoms with Gasteiger partial charge in [-0.15, -0.1) is 0 Å². The molecule has 0 spiro atoms. The summed E-state index contributed by atoms with van der Waals surface area (Å²) in [5.41, 5.74) is 0.439. The predicted octanol–water partition coefficient (Wildman–Crippen LogP) is 2.43. The van der Waals surface area contributed by atoms with Crippen LogP contribution in [0.1, 0.15) is 49.4 Å². The summed E-state index contributed by atoms with van der Waals surface area (Å²) in [5.74, 6) is -1.14. The van der Waals surface area contributed by atoms with Crippen molar-refractivity contribution in [2.45, 2.75) is 50.0 Å². The molecule has 2 rings (SSSR count). The van der Waals surface area contributed by atoms with Crippen molar-refractivity contribution < 1.29 is 18.3 Å². The van der Waals surface area contributed by atoms with Crippen molar-refractivity contribution in [2.24, 2.45) is 0 Å². The Hall–Kier alpha value is -1.60. The molecule has 0 radical (unpaired) electrons. The van der Waals surface area contributed by atoms with Gasteiger partial charge in [-0.05, 0) is 37.5 Å². The molecular weight excluding hydrogens is 304 g/mol. The summed E-state index contributed by atoms with van der Waals surface area (Å²) in [7, 11) is -3.73. The molecule has 1 saturated carbocycles. The number of sulfonamides is 1. The Labute approximate surface area is 131 Å². The average Bonchev–Trinajstić information content (AvgIpc) is 2.98. The highest BCUT2D eigenvalue weighted by atomic mass is 32.2. The van der Waals surface area contributed by atoms with Gasteiger partial charge in [0.2, 0.25) is 10.0 Å². The van der Waals surface area contributed by atoms with Gasteiger partial charge in [-0.3, -0.25) is 0 Å². The van der Waals surface area contributed by atoms with E-state index in [1.165, 1.54) is 12.1 Å². The Morgan fingerprint density at radius 3 is 2.59 bits per heavy atom. The molecule has 0 bridgehead atoms. The summed E-state index contributed by atoms with van der Waals surface area (Å²) in [6.07, 6.45) is 4.93. The molecule has 122 valence electrons. The zero-order chi connectivity index (χ0) is 16.2. The van der Waals surface area contributed by atoms with Gasteiger partial charge >= 0.3 is 5.97 Å². The maximum Gasteiger partial charge on any atom is 0.335 e. The average molecular weight is 326 g/mol. The van der Waals surface area contributed by atoms with Crippen molar-refractivity contribution in [2.75, 3.05) is 11.9 Å². The highest BCUT2D eigenvalue weighted by Crippen LogP contribution is 2.28. The lowest BCUT2D eigenvalue weighted by Gasteiger charge is -2.18. The van der Waals surface area contributed by atoms with Gasteiger partial charge in [0.25, 0.3) is 0 Å². The Morgan fingerprint density at radius 1 is 1.32 bits per heavy atom. The Bertz CT molecular complexity index is 637. The Kier molecular flexibility index (Phi) is 5.42. The van der Waals surface area contributed by atoms with Crippen LogP contribution in [0.2, 0.25) is 0 Å². The SMILES string of the molecule is CCCNS(=O)(=O)c1cc(C(=O)O)ccc1NC1CCCC1.